The zero-order chi connectivity index (χ0) is 15.5. The Hall–Kier alpha value is -1.00. The van der Waals surface area contributed by atoms with Gasteiger partial charge >= 0.3 is 0 Å². The molecule has 118 valence electrons. The molecule has 0 saturated carbocycles. The van der Waals surface area contributed by atoms with Crippen molar-refractivity contribution in [1.82, 2.24) is 10.2 Å². The lowest BCUT2D eigenvalue weighted by Crippen LogP contribution is -2.62. The van der Waals surface area contributed by atoms with E-state index < -0.39 is 5.92 Å². The van der Waals surface area contributed by atoms with E-state index in [-0.39, 0.29) is 23.7 Å². The monoisotopic (exact) mass is 296 g/mol. The van der Waals surface area contributed by atoms with Crippen LogP contribution in [-0.2, 0) is 5.92 Å². The molecule has 1 aliphatic heterocycles. The van der Waals surface area contributed by atoms with Crippen molar-refractivity contribution in [3.63, 3.8) is 0 Å². The lowest BCUT2D eigenvalue weighted by Gasteiger charge is -2.45. The van der Waals surface area contributed by atoms with Crippen molar-refractivity contribution in [2.75, 3.05) is 19.6 Å². The van der Waals surface area contributed by atoms with E-state index in [0.717, 1.165) is 19.4 Å². The summed E-state index contributed by atoms with van der Waals surface area (Å²) in [4.78, 5) is 1.97. The van der Waals surface area contributed by atoms with Gasteiger partial charge in [0.15, 0.2) is 0 Å². The van der Waals surface area contributed by atoms with Gasteiger partial charge in [0.2, 0.25) is 0 Å². The first-order valence-electron chi connectivity index (χ1n) is 7.76. The second-order valence-corrected chi connectivity index (χ2v) is 6.68. The van der Waals surface area contributed by atoms with Crippen LogP contribution in [0.5, 0.6) is 0 Å². The summed E-state index contributed by atoms with van der Waals surface area (Å²) in [5, 5.41) is 3.46. The summed E-state index contributed by atoms with van der Waals surface area (Å²) in [5.41, 5.74) is -0.00613. The first-order valence-corrected chi connectivity index (χ1v) is 7.76. The van der Waals surface area contributed by atoms with Crippen LogP contribution < -0.4 is 5.32 Å². The van der Waals surface area contributed by atoms with Crippen LogP contribution in [0.1, 0.15) is 39.2 Å². The first-order chi connectivity index (χ1) is 9.84. The molecule has 0 aromatic heterocycles. The van der Waals surface area contributed by atoms with E-state index in [4.69, 9.17) is 0 Å². The van der Waals surface area contributed by atoms with Gasteiger partial charge in [-0.1, -0.05) is 43.7 Å². The average Bonchev–Trinajstić information content (AvgIpc) is 2.42. The van der Waals surface area contributed by atoms with Crippen LogP contribution in [0.2, 0.25) is 0 Å². The van der Waals surface area contributed by atoms with E-state index in [9.17, 15) is 8.78 Å². The number of benzene rings is 1. The molecule has 1 unspecified atom stereocenters. The van der Waals surface area contributed by atoms with Crippen molar-refractivity contribution in [2.24, 2.45) is 0 Å². The third-order valence-corrected chi connectivity index (χ3v) is 4.15. The van der Waals surface area contributed by atoms with Gasteiger partial charge in [0.1, 0.15) is 0 Å². The molecule has 2 rings (SSSR count). The third kappa shape index (κ3) is 4.24. The van der Waals surface area contributed by atoms with Gasteiger partial charge in [0.25, 0.3) is 5.92 Å². The largest absolute Gasteiger partial charge is 0.309 e. The maximum absolute atomic E-state index is 14.5. The topological polar surface area (TPSA) is 15.3 Å². The summed E-state index contributed by atoms with van der Waals surface area (Å²) >= 11 is 0. The Bertz CT molecular complexity index is 445. The fraction of sp³-hybridized carbons (Fsp3) is 0.647. The average molecular weight is 296 g/mol. The van der Waals surface area contributed by atoms with Crippen molar-refractivity contribution >= 4 is 0 Å². The molecule has 0 aliphatic carbocycles. The maximum atomic E-state index is 14.5. The molecule has 0 radical (unpaired) electrons. The normalized spacial score (nSPS) is 23.2. The Morgan fingerprint density at radius 1 is 1.29 bits per heavy atom. The van der Waals surface area contributed by atoms with Crippen molar-refractivity contribution in [3.05, 3.63) is 35.9 Å². The van der Waals surface area contributed by atoms with E-state index in [1.54, 1.807) is 18.2 Å². The number of halogens is 2. The molecule has 1 aromatic carbocycles. The Morgan fingerprint density at radius 3 is 2.57 bits per heavy atom. The molecular weight excluding hydrogens is 270 g/mol. The molecule has 1 aromatic rings. The summed E-state index contributed by atoms with van der Waals surface area (Å²) in [6, 6.07) is 8.35. The molecule has 21 heavy (non-hydrogen) atoms. The van der Waals surface area contributed by atoms with Gasteiger partial charge in [-0.05, 0) is 20.3 Å². The van der Waals surface area contributed by atoms with E-state index in [2.05, 4.69) is 26.1 Å². The van der Waals surface area contributed by atoms with E-state index in [1.165, 1.54) is 12.1 Å². The highest BCUT2D eigenvalue weighted by molar-refractivity contribution is 5.20. The first kappa shape index (κ1) is 16.4. The van der Waals surface area contributed by atoms with Gasteiger partial charge in [-0.15, -0.1) is 0 Å². The molecule has 0 bridgehead atoms. The van der Waals surface area contributed by atoms with E-state index in [0.29, 0.717) is 6.54 Å². The predicted molar refractivity (Wildman–Crippen MR) is 82.7 cm³/mol. The summed E-state index contributed by atoms with van der Waals surface area (Å²) < 4.78 is 29.1. The molecule has 0 spiro atoms. The number of hydrogen-bond acceptors (Lipinski definition) is 2. The highest BCUT2D eigenvalue weighted by Crippen LogP contribution is 2.31. The molecule has 2 nitrogen and oxygen atoms in total. The van der Waals surface area contributed by atoms with Crippen molar-refractivity contribution in [2.45, 2.75) is 51.1 Å². The van der Waals surface area contributed by atoms with Crippen LogP contribution in [-0.4, -0.2) is 36.1 Å². The molecule has 0 amide bonds. The molecule has 1 aliphatic rings. The van der Waals surface area contributed by atoms with Crippen LogP contribution in [0.3, 0.4) is 0 Å². The second-order valence-electron chi connectivity index (χ2n) is 6.68. The minimum absolute atomic E-state index is 0.108. The number of nitrogens with zero attached hydrogens (tertiary/aromatic N) is 1. The summed E-state index contributed by atoms with van der Waals surface area (Å²) in [5.74, 6) is -2.80. The zero-order valence-corrected chi connectivity index (χ0v) is 13.2. The molecule has 4 heteroatoms. The Morgan fingerprint density at radius 2 is 1.95 bits per heavy atom. The van der Waals surface area contributed by atoms with Gasteiger partial charge in [-0.2, -0.15) is 8.78 Å². The smallest absolute Gasteiger partial charge is 0.285 e. The Labute approximate surface area is 126 Å². The SMILES string of the molecule is CCCC1CNC(C)(C)CN1CC(F)(F)c1ccccc1. The van der Waals surface area contributed by atoms with Gasteiger partial charge in [0, 0.05) is 30.2 Å². The van der Waals surface area contributed by atoms with Crippen LogP contribution >= 0.6 is 0 Å². The number of piperazine rings is 1. The van der Waals surface area contributed by atoms with E-state index in [1.807, 2.05) is 4.90 Å². The van der Waals surface area contributed by atoms with Gasteiger partial charge < -0.3 is 5.32 Å². The fourth-order valence-corrected chi connectivity index (χ4v) is 3.05. The Balaban J connectivity index is 2.13. The molecule has 1 atom stereocenters. The summed E-state index contributed by atoms with van der Waals surface area (Å²) in [6.07, 6.45) is 1.97. The third-order valence-electron chi connectivity index (χ3n) is 4.15. The van der Waals surface area contributed by atoms with Crippen molar-refractivity contribution in [3.8, 4) is 0 Å². The van der Waals surface area contributed by atoms with E-state index >= 15 is 0 Å². The number of rotatable bonds is 5. The molecular formula is C17H26F2N2. The molecule has 1 fully saturated rings. The standard InChI is InChI=1S/C17H26F2N2/c1-4-8-15-11-20-16(2,3)12-21(15)13-17(18,19)14-9-6-5-7-10-14/h5-7,9-10,15,20H,4,8,11-13H2,1-3H3. The highest BCUT2D eigenvalue weighted by Gasteiger charge is 2.40. The van der Waals surface area contributed by atoms with Crippen molar-refractivity contribution in [1.29, 1.82) is 0 Å². The number of nitrogens with one attached hydrogen (secondary N) is 1. The van der Waals surface area contributed by atoms with Crippen molar-refractivity contribution < 1.29 is 8.78 Å². The second kappa shape index (κ2) is 6.41. The van der Waals surface area contributed by atoms with Gasteiger partial charge in [-0.3, -0.25) is 4.90 Å². The fourth-order valence-electron chi connectivity index (χ4n) is 3.05. The Kier molecular flexibility index (Phi) is 4.99. The quantitative estimate of drug-likeness (QED) is 0.892. The van der Waals surface area contributed by atoms with Crippen LogP contribution in [0.15, 0.2) is 30.3 Å². The van der Waals surface area contributed by atoms with Crippen LogP contribution in [0.25, 0.3) is 0 Å². The molecule has 1 heterocycles. The minimum Gasteiger partial charge on any atom is -0.309 e. The zero-order valence-electron chi connectivity index (χ0n) is 13.2. The minimum atomic E-state index is -2.80. The summed E-state index contributed by atoms with van der Waals surface area (Å²) in [6.45, 7) is 7.48. The predicted octanol–water partition coefficient (Wildman–Crippen LogP) is 3.63. The van der Waals surface area contributed by atoms with Gasteiger partial charge in [-0.25, -0.2) is 0 Å². The maximum Gasteiger partial charge on any atom is 0.285 e. The van der Waals surface area contributed by atoms with Crippen LogP contribution in [0.4, 0.5) is 8.78 Å². The van der Waals surface area contributed by atoms with Crippen LogP contribution in [0, 0.1) is 0 Å². The number of alkyl halides is 2. The lowest BCUT2D eigenvalue weighted by atomic mass is 9.95. The summed E-state index contributed by atoms with van der Waals surface area (Å²) in [7, 11) is 0. The van der Waals surface area contributed by atoms with Gasteiger partial charge in [0.05, 0.1) is 6.54 Å². The molecule has 1 saturated heterocycles. The highest BCUT2D eigenvalue weighted by atomic mass is 19.3. The molecule has 1 N–H and O–H groups in total. The number of hydrogen-bond donors (Lipinski definition) is 1. The lowest BCUT2D eigenvalue weighted by molar-refractivity contribution is -0.0626.